The lowest BCUT2D eigenvalue weighted by Crippen LogP contribution is -2.33. The monoisotopic (exact) mass is 235 g/mol. The second-order valence-electron chi connectivity index (χ2n) is 4.65. The first-order valence-electron chi connectivity index (χ1n) is 6.40. The van der Waals surface area contributed by atoms with E-state index in [0.29, 0.717) is 6.10 Å². The van der Waals surface area contributed by atoms with Crippen LogP contribution in [-0.4, -0.2) is 29.2 Å². The second-order valence-corrected chi connectivity index (χ2v) is 4.65. The molecule has 0 bridgehead atoms. The van der Waals surface area contributed by atoms with Crippen LogP contribution in [0, 0.1) is 6.92 Å². The number of nitrogens with zero attached hydrogens (tertiary/aromatic N) is 2. The van der Waals surface area contributed by atoms with Crippen LogP contribution >= 0.6 is 0 Å². The van der Waals surface area contributed by atoms with Crippen molar-refractivity contribution in [2.45, 2.75) is 45.3 Å². The van der Waals surface area contributed by atoms with Gasteiger partial charge in [-0.05, 0) is 33.1 Å². The molecule has 2 unspecified atom stereocenters. The molecule has 2 atom stereocenters. The first-order valence-corrected chi connectivity index (χ1v) is 6.40. The average molecular weight is 235 g/mol. The number of aromatic nitrogens is 2. The fraction of sp³-hybridized carbons (Fsp3) is 0.692. The van der Waals surface area contributed by atoms with Gasteiger partial charge in [0.15, 0.2) is 0 Å². The Morgan fingerprint density at radius 2 is 2.24 bits per heavy atom. The SMILES string of the molecule is Cc1nccnc1C(C)NCC1CCCCO1. The summed E-state index contributed by atoms with van der Waals surface area (Å²) in [5.74, 6) is 0. The molecular formula is C13H21N3O. The van der Waals surface area contributed by atoms with E-state index in [4.69, 9.17) is 4.74 Å². The van der Waals surface area contributed by atoms with Crippen molar-refractivity contribution in [2.75, 3.05) is 13.2 Å². The summed E-state index contributed by atoms with van der Waals surface area (Å²) < 4.78 is 5.70. The van der Waals surface area contributed by atoms with E-state index in [1.165, 1.54) is 19.3 Å². The van der Waals surface area contributed by atoms with Gasteiger partial charge in [-0.1, -0.05) is 0 Å². The molecule has 0 saturated carbocycles. The molecule has 1 aliphatic rings. The Hall–Kier alpha value is -1.00. The van der Waals surface area contributed by atoms with Crippen LogP contribution in [0.4, 0.5) is 0 Å². The highest BCUT2D eigenvalue weighted by molar-refractivity contribution is 5.12. The summed E-state index contributed by atoms with van der Waals surface area (Å²) in [6, 6.07) is 0.231. The van der Waals surface area contributed by atoms with Crippen molar-refractivity contribution in [3.8, 4) is 0 Å². The zero-order valence-electron chi connectivity index (χ0n) is 10.6. The molecule has 1 aromatic rings. The molecule has 17 heavy (non-hydrogen) atoms. The molecule has 1 fully saturated rings. The third-order valence-electron chi connectivity index (χ3n) is 3.26. The van der Waals surface area contributed by atoms with Gasteiger partial charge in [-0.15, -0.1) is 0 Å². The Balaban J connectivity index is 1.84. The molecule has 4 nitrogen and oxygen atoms in total. The van der Waals surface area contributed by atoms with Crippen molar-refractivity contribution in [1.82, 2.24) is 15.3 Å². The minimum Gasteiger partial charge on any atom is -0.377 e. The highest BCUT2D eigenvalue weighted by Gasteiger charge is 2.16. The first-order chi connectivity index (χ1) is 8.27. The van der Waals surface area contributed by atoms with E-state index in [9.17, 15) is 0 Å². The molecule has 0 radical (unpaired) electrons. The maximum absolute atomic E-state index is 5.70. The molecule has 1 N–H and O–H groups in total. The molecule has 0 spiro atoms. The summed E-state index contributed by atoms with van der Waals surface area (Å²) in [5, 5.41) is 3.48. The van der Waals surface area contributed by atoms with Gasteiger partial charge in [-0.2, -0.15) is 0 Å². The number of hydrogen-bond donors (Lipinski definition) is 1. The van der Waals surface area contributed by atoms with E-state index in [1.54, 1.807) is 12.4 Å². The summed E-state index contributed by atoms with van der Waals surface area (Å²) in [6.45, 7) is 5.93. The van der Waals surface area contributed by atoms with Crippen molar-refractivity contribution >= 4 is 0 Å². The molecule has 94 valence electrons. The quantitative estimate of drug-likeness (QED) is 0.867. The third kappa shape index (κ3) is 3.48. The van der Waals surface area contributed by atoms with Gasteiger partial charge in [0.25, 0.3) is 0 Å². The van der Waals surface area contributed by atoms with E-state index >= 15 is 0 Å². The van der Waals surface area contributed by atoms with Gasteiger partial charge in [-0.3, -0.25) is 9.97 Å². The Labute approximate surface area is 103 Å². The van der Waals surface area contributed by atoms with Crippen molar-refractivity contribution in [2.24, 2.45) is 0 Å². The molecule has 2 heterocycles. The third-order valence-corrected chi connectivity index (χ3v) is 3.26. The van der Waals surface area contributed by atoms with Gasteiger partial charge < -0.3 is 10.1 Å². The van der Waals surface area contributed by atoms with Crippen molar-refractivity contribution in [3.05, 3.63) is 23.8 Å². The van der Waals surface area contributed by atoms with E-state index in [2.05, 4.69) is 22.2 Å². The van der Waals surface area contributed by atoms with E-state index < -0.39 is 0 Å². The van der Waals surface area contributed by atoms with Gasteiger partial charge in [0.2, 0.25) is 0 Å². The minimum absolute atomic E-state index is 0.231. The minimum atomic E-state index is 0.231. The van der Waals surface area contributed by atoms with Crippen LogP contribution in [-0.2, 0) is 4.74 Å². The van der Waals surface area contributed by atoms with Crippen molar-refractivity contribution in [1.29, 1.82) is 0 Å². The van der Waals surface area contributed by atoms with Gasteiger partial charge in [0, 0.05) is 31.6 Å². The zero-order valence-corrected chi connectivity index (χ0v) is 10.6. The molecular weight excluding hydrogens is 214 g/mol. The smallest absolute Gasteiger partial charge is 0.0782 e. The Morgan fingerprint density at radius 3 is 2.94 bits per heavy atom. The van der Waals surface area contributed by atoms with Crippen LogP contribution in [0.5, 0.6) is 0 Å². The van der Waals surface area contributed by atoms with Crippen LogP contribution < -0.4 is 5.32 Å². The Morgan fingerprint density at radius 1 is 1.41 bits per heavy atom. The van der Waals surface area contributed by atoms with Gasteiger partial charge in [0.1, 0.15) is 0 Å². The van der Waals surface area contributed by atoms with Gasteiger partial charge >= 0.3 is 0 Å². The predicted molar refractivity (Wildman–Crippen MR) is 66.8 cm³/mol. The van der Waals surface area contributed by atoms with Crippen LogP contribution in [0.1, 0.15) is 43.6 Å². The second kappa shape index (κ2) is 6.07. The summed E-state index contributed by atoms with van der Waals surface area (Å²) >= 11 is 0. The average Bonchev–Trinajstić information content (AvgIpc) is 2.38. The molecule has 0 aliphatic carbocycles. The van der Waals surface area contributed by atoms with Crippen molar-refractivity contribution in [3.63, 3.8) is 0 Å². The highest BCUT2D eigenvalue weighted by Crippen LogP contribution is 2.15. The lowest BCUT2D eigenvalue weighted by Gasteiger charge is -2.24. The van der Waals surface area contributed by atoms with E-state index in [0.717, 1.165) is 24.5 Å². The number of rotatable bonds is 4. The molecule has 2 rings (SSSR count). The summed E-state index contributed by atoms with van der Waals surface area (Å²) in [7, 11) is 0. The van der Waals surface area contributed by atoms with Crippen molar-refractivity contribution < 1.29 is 4.74 Å². The Kier molecular flexibility index (Phi) is 4.45. The zero-order chi connectivity index (χ0) is 12.1. The maximum Gasteiger partial charge on any atom is 0.0782 e. The van der Waals surface area contributed by atoms with Crippen LogP contribution in [0.25, 0.3) is 0 Å². The number of aryl methyl sites for hydroxylation is 1. The van der Waals surface area contributed by atoms with Gasteiger partial charge in [0.05, 0.1) is 17.5 Å². The lowest BCUT2D eigenvalue weighted by atomic mass is 10.1. The highest BCUT2D eigenvalue weighted by atomic mass is 16.5. The lowest BCUT2D eigenvalue weighted by molar-refractivity contribution is 0.0155. The number of ether oxygens (including phenoxy) is 1. The molecule has 1 aromatic heterocycles. The molecule has 1 aliphatic heterocycles. The number of nitrogens with one attached hydrogen (secondary N) is 1. The maximum atomic E-state index is 5.70. The van der Waals surface area contributed by atoms with Crippen LogP contribution in [0.3, 0.4) is 0 Å². The molecule has 1 saturated heterocycles. The van der Waals surface area contributed by atoms with Crippen LogP contribution in [0.15, 0.2) is 12.4 Å². The standard InChI is InChI=1S/C13H21N3O/c1-10-13(15-7-6-14-10)11(2)16-9-12-5-3-4-8-17-12/h6-7,11-12,16H,3-5,8-9H2,1-2H3. The summed E-state index contributed by atoms with van der Waals surface area (Å²) in [6.07, 6.45) is 7.50. The largest absolute Gasteiger partial charge is 0.377 e. The fourth-order valence-corrected chi connectivity index (χ4v) is 2.22. The molecule has 0 aromatic carbocycles. The van der Waals surface area contributed by atoms with E-state index in [-0.39, 0.29) is 6.04 Å². The summed E-state index contributed by atoms with van der Waals surface area (Å²) in [5.41, 5.74) is 2.03. The molecule has 4 heteroatoms. The normalized spacial score (nSPS) is 22.4. The topological polar surface area (TPSA) is 47.0 Å². The number of hydrogen-bond acceptors (Lipinski definition) is 4. The van der Waals surface area contributed by atoms with E-state index in [1.807, 2.05) is 6.92 Å². The Bertz CT molecular complexity index is 350. The van der Waals surface area contributed by atoms with Gasteiger partial charge in [-0.25, -0.2) is 0 Å². The molecule has 0 amide bonds. The fourth-order valence-electron chi connectivity index (χ4n) is 2.22. The van der Waals surface area contributed by atoms with Crippen LogP contribution in [0.2, 0.25) is 0 Å². The summed E-state index contributed by atoms with van der Waals surface area (Å²) in [4.78, 5) is 8.64. The predicted octanol–water partition coefficient (Wildman–Crippen LogP) is 2.00. The first kappa shape index (κ1) is 12.5.